The van der Waals surface area contributed by atoms with Gasteiger partial charge in [-0.1, -0.05) is 47.5 Å². The number of nitrogens with one attached hydrogen (secondary N) is 3. The number of hydrogen-bond acceptors (Lipinski definition) is 20. The van der Waals surface area contributed by atoms with Gasteiger partial charge < -0.3 is 48.0 Å². The number of amides is 3. The number of hydrogen-bond donors (Lipinski definition) is 3. The van der Waals surface area contributed by atoms with E-state index in [0.717, 1.165) is 50.3 Å². The fourth-order valence-corrected chi connectivity index (χ4v) is 17.2. The number of carbonyl (C=O) groups excluding carboxylic acids is 3. The second kappa shape index (κ2) is 33.5. The minimum absolute atomic E-state index is 0. The second-order valence-electron chi connectivity index (χ2n) is 25.4. The van der Waals surface area contributed by atoms with Crippen molar-refractivity contribution in [2.75, 3.05) is 108 Å². The number of nitrogens with zero attached hydrogens (tertiary/aromatic N) is 13. The minimum Gasteiger partial charge on any atom is -0.497 e. The lowest BCUT2D eigenvalue weighted by atomic mass is 10.1. The lowest BCUT2D eigenvalue weighted by molar-refractivity contribution is -0.138. The summed E-state index contributed by atoms with van der Waals surface area (Å²) in [6, 6.07) is 45.5. The van der Waals surface area contributed by atoms with Gasteiger partial charge in [-0.15, -0.1) is 11.3 Å². The molecule has 3 amide bonds. The molecule has 8 heterocycles. The van der Waals surface area contributed by atoms with Crippen LogP contribution >= 0.6 is 34.5 Å². The molecule has 0 radical (unpaired) electrons. The van der Waals surface area contributed by atoms with Crippen molar-refractivity contribution in [3.05, 3.63) is 216 Å². The monoisotopic (exact) mass is 1570 g/mol. The number of thiazole rings is 1. The molecule has 14 rings (SSSR count). The third kappa shape index (κ3) is 18.3. The van der Waals surface area contributed by atoms with Crippen LogP contribution in [0.4, 0.5) is 33.8 Å². The highest BCUT2D eigenvalue weighted by atomic mass is 35.5. The fourth-order valence-electron chi connectivity index (χ4n) is 13.0. The maximum Gasteiger partial charge on any atom is 0.263 e. The number of aromatic nitrogens is 7. The van der Waals surface area contributed by atoms with E-state index in [1.54, 1.807) is 128 Å². The normalized spacial score (nSPS) is 15.5. The van der Waals surface area contributed by atoms with Crippen LogP contribution in [0.2, 0.25) is 10.0 Å². The first-order valence-corrected chi connectivity index (χ1v) is 40.2. The molecular formula is C74H82Cl2N16O11S4. The lowest BCUT2D eigenvalue weighted by Gasteiger charge is -2.41. The van der Waals surface area contributed by atoms with Gasteiger partial charge in [-0.2, -0.15) is 0 Å². The number of piperazine rings is 3. The van der Waals surface area contributed by atoms with Gasteiger partial charge in [-0.05, 0) is 161 Å². The fraction of sp³-hybridized carbons (Fsp3) is 0.270. The summed E-state index contributed by atoms with van der Waals surface area (Å²) in [5, 5.41) is 5.19. The Balaban J connectivity index is 0.000000173. The molecule has 11 aromatic rings. The van der Waals surface area contributed by atoms with Crippen molar-refractivity contribution < 1.29 is 52.0 Å². The number of halogens is 2. The van der Waals surface area contributed by atoms with Gasteiger partial charge in [-0.3, -0.25) is 28.5 Å². The summed E-state index contributed by atoms with van der Waals surface area (Å²) >= 11 is 13.7. The largest absolute Gasteiger partial charge is 0.497 e. The number of rotatable bonds is 20. The van der Waals surface area contributed by atoms with Crippen LogP contribution in [0.15, 0.2) is 215 Å². The summed E-state index contributed by atoms with van der Waals surface area (Å²) in [6.45, 7) is 14.6. The molecule has 107 heavy (non-hydrogen) atoms. The SMILES string of the molecule is CC(Oc1ccccc1Cl)C(=O)N1CCN(c2ccc(S(=O)(=O)Nc3ccncn3)cc2)CC1.CC1CN(c2ccc(S(=O)(=O)Nc3nccs3)cc2)CCN1C(=O)Cn1ccc2cccc(Cl)c21.COc1ccc2c(c1)cc(C)n2C(C)C(=O)N1CCN(c2ccc(S(=O)(=O)Nc3ccncn3)cc2)CC1.[HH].[HH]. The Morgan fingerprint density at radius 2 is 1.11 bits per heavy atom. The van der Waals surface area contributed by atoms with Crippen LogP contribution < -0.4 is 38.3 Å². The van der Waals surface area contributed by atoms with Gasteiger partial charge in [0.05, 0.1) is 37.4 Å². The molecule has 0 spiro atoms. The molecule has 3 aliphatic rings. The predicted octanol–water partition coefficient (Wildman–Crippen LogP) is 11.3. The summed E-state index contributed by atoms with van der Waals surface area (Å²) in [4.78, 5) is 71.2. The number of fused-ring (bicyclic) bond motifs is 2. The van der Waals surface area contributed by atoms with E-state index in [-0.39, 0.29) is 65.5 Å². The molecule has 3 atom stereocenters. The Kier molecular flexibility index (Phi) is 23.8. The molecule has 562 valence electrons. The summed E-state index contributed by atoms with van der Waals surface area (Å²) in [5.74, 6) is 1.71. The van der Waals surface area contributed by atoms with Crippen molar-refractivity contribution in [3.8, 4) is 11.5 Å². The molecule has 0 bridgehead atoms. The summed E-state index contributed by atoms with van der Waals surface area (Å²) in [7, 11) is -9.56. The van der Waals surface area contributed by atoms with Gasteiger partial charge in [-0.25, -0.2) is 50.2 Å². The third-order valence-electron chi connectivity index (χ3n) is 18.5. The van der Waals surface area contributed by atoms with Crippen LogP contribution in [0.5, 0.6) is 11.5 Å². The van der Waals surface area contributed by atoms with Crippen molar-refractivity contribution >= 4 is 138 Å². The van der Waals surface area contributed by atoms with E-state index >= 15 is 0 Å². The molecule has 0 saturated carbocycles. The van der Waals surface area contributed by atoms with Gasteiger partial charge in [0.25, 0.3) is 36.0 Å². The number of anilines is 6. The average molecular weight is 1570 g/mol. The Morgan fingerprint density at radius 3 is 1.64 bits per heavy atom. The highest BCUT2D eigenvalue weighted by molar-refractivity contribution is 7.93. The second-order valence-corrected chi connectivity index (χ2v) is 32.2. The number of methoxy groups -OCH3 is 1. The van der Waals surface area contributed by atoms with Crippen LogP contribution in [0.25, 0.3) is 21.8 Å². The van der Waals surface area contributed by atoms with E-state index in [9.17, 15) is 39.6 Å². The maximum absolute atomic E-state index is 13.4. The van der Waals surface area contributed by atoms with Crippen LogP contribution in [0.1, 0.15) is 35.4 Å². The molecule has 27 nitrogen and oxygen atoms in total. The van der Waals surface area contributed by atoms with Crippen molar-refractivity contribution in [3.63, 3.8) is 0 Å². The first kappa shape index (κ1) is 76.1. The van der Waals surface area contributed by atoms with Gasteiger partial charge in [0.1, 0.15) is 48.4 Å². The molecule has 3 N–H and O–H groups in total. The van der Waals surface area contributed by atoms with E-state index < -0.39 is 36.2 Å². The molecule has 5 aromatic heterocycles. The van der Waals surface area contributed by atoms with Crippen molar-refractivity contribution in [2.24, 2.45) is 0 Å². The van der Waals surface area contributed by atoms with Crippen molar-refractivity contribution in [1.29, 1.82) is 0 Å². The number of carbonyl (C=O) groups is 3. The smallest absolute Gasteiger partial charge is 0.263 e. The zero-order chi connectivity index (χ0) is 75.6. The van der Waals surface area contributed by atoms with Crippen molar-refractivity contribution in [2.45, 2.75) is 67.1 Å². The van der Waals surface area contributed by atoms with E-state index in [4.69, 9.17) is 32.7 Å². The predicted molar refractivity (Wildman–Crippen MR) is 420 cm³/mol. The number of para-hydroxylation sites is 2. The number of benzene rings is 6. The Bertz CT molecular complexity index is 5290. The van der Waals surface area contributed by atoms with Crippen LogP contribution in [0.3, 0.4) is 0 Å². The molecular weight excluding hydrogens is 1490 g/mol. The Morgan fingerprint density at radius 1 is 0.579 bits per heavy atom. The first-order valence-electron chi connectivity index (χ1n) is 34.1. The minimum atomic E-state index is -3.76. The van der Waals surface area contributed by atoms with Gasteiger partial charge in [0, 0.05) is 150 Å². The summed E-state index contributed by atoms with van der Waals surface area (Å²) < 4.78 is 98.1. The van der Waals surface area contributed by atoms with E-state index in [1.807, 2.05) is 83.8 Å². The van der Waals surface area contributed by atoms with Gasteiger partial charge in [0.2, 0.25) is 11.8 Å². The lowest BCUT2D eigenvalue weighted by Crippen LogP contribution is -2.54. The maximum atomic E-state index is 13.4. The standard InChI is InChI=1S/C27H30N6O4S.C24H24ClN5O3S2.C23H24ClN5O4S.2H2/c1-19-16-21-17-23(37-3)6-9-25(21)33(19)20(2)27(34)32-14-12-31(13-15-32)22-4-7-24(8-5-22)38(35,36)30-26-10-11-28-18-29-26;1-17-15-28(19-5-7-20(8-6-19)35(32,33)27-24-26-10-14-34-24)12-13-30(17)22(31)16-29-11-9-18-3-2-4-21(25)23(18)29;1-17(33-21-5-3-2-4-20(21)24)23(30)29-14-12-28(13-15-29)18-6-8-19(9-7-18)34(31,32)27-22-10-11-25-16-26-22;;/h4-11,16-18,20H,12-15H2,1-3H3,(H,28,29,30);2-11,14,17H,12-13,15-16H2,1H3,(H,26,27);2-11,16-17H,12-15H2,1H3,(H,25,26,27);2*1H. The van der Waals surface area contributed by atoms with E-state index in [1.165, 1.54) is 48.5 Å². The Labute approximate surface area is 637 Å². The highest BCUT2D eigenvalue weighted by Gasteiger charge is 2.32. The topological polar surface area (TPSA) is 302 Å². The summed E-state index contributed by atoms with van der Waals surface area (Å²) in [6.07, 6.45) is 8.28. The molecule has 33 heteroatoms. The highest BCUT2D eigenvalue weighted by Crippen LogP contribution is 2.32. The summed E-state index contributed by atoms with van der Waals surface area (Å²) in [5.41, 5.74) is 5.61. The van der Waals surface area contributed by atoms with Gasteiger partial charge >= 0.3 is 0 Å². The van der Waals surface area contributed by atoms with Crippen LogP contribution in [0, 0.1) is 6.92 Å². The van der Waals surface area contributed by atoms with Crippen LogP contribution in [-0.2, 0) is 51.0 Å². The molecule has 3 aliphatic heterocycles. The Hall–Kier alpha value is -10.6. The number of ether oxygens (including phenoxy) is 2. The number of sulfonamides is 3. The molecule has 3 unspecified atom stereocenters. The molecule has 3 fully saturated rings. The van der Waals surface area contributed by atoms with E-state index in [0.29, 0.717) is 92.9 Å². The average Bonchev–Trinajstić information content (AvgIpc) is 1.50. The molecule has 6 aromatic carbocycles. The molecule has 3 saturated heterocycles. The zero-order valence-electron chi connectivity index (χ0n) is 59.0. The van der Waals surface area contributed by atoms with Gasteiger partial charge in [0.15, 0.2) is 11.2 Å². The number of aryl methyl sites for hydroxylation is 1. The van der Waals surface area contributed by atoms with Crippen LogP contribution in [-0.4, -0.2) is 183 Å². The first-order chi connectivity index (χ1) is 51.4. The zero-order valence-corrected chi connectivity index (χ0v) is 63.7. The van der Waals surface area contributed by atoms with E-state index in [2.05, 4.69) is 64.4 Å². The molecule has 0 aliphatic carbocycles. The van der Waals surface area contributed by atoms with Crippen molar-refractivity contribution in [1.82, 2.24) is 48.8 Å². The third-order valence-corrected chi connectivity index (χ3v) is 24.0. The quantitative estimate of drug-likeness (QED) is 0.0638.